The number of carbonyl (C=O) groups is 1. The zero-order valence-electron chi connectivity index (χ0n) is 17.6. The number of aldehydes is 1. The van der Waals surface area contributed by atoms with Crippen LogP contribution in [-0.2, 0) is 14.2 Å². The van der Waals surface area contributed by atoms with Gasteiger partial charge in [0.2, 0.25) is 0 Å². The quantitative estimate of drug-likeness (QED) is 0.182. The third-order valence-corrected chi connectivity index (χ3v) is 5.53. The average Bonchev–Trinajstić information content (AvgIpc) is 2.83. The van der Waals surface area contributed by atoms with E-state index in [4.69, 9.17) is 23.7 Å². The van der Waals surface area contributed by atoms with Crippen molar-refractivity contribution in [3.63, 3.8) is 0 Å². The SMILES string of the molecule is COc1cc(C=O)ccc1OC[C@H]1O[C@H](O[C@H]2[C@H](O)[C@@H](O)[C@@H](O)O[C@@H]2CO)[C@H](O)[C@@H](O)[C@@H]1O. The van der Waals surface area contributed by atoms with E-state index in [1.165, 1.54) is 25.3 Å². The van der Waals surface area contributed by atoms with Gasteiger partial charge in [-0.15, -0.1) is 0 Å². The minimum absolute atomic E-state index is 0.213. The molecular formula is C20H28O13. The van der Waals surface area contributed by atoms with E-state index in [0.717, 1.165) is 0 Å². The van der Waals surface area contributed by atoms with Gasteiger partial charge >= 0.3 is 0 Å². The molecule has 2 aliphatic heterocycles. The molecule has 0 saturated carbocycles. The second-order valence-electron chi connectivity index (χ2n) is 7.68. The van der Waals surface area contributed by atoms with Crippen molar-refractivity contribution in [2.24, 2.45) is 0 Å². The van der Waals surface area contributed by atoms with E-state index in [-0.39, 0.29) is 18.1 Å². The average molecular weight is 476 g/mol. The fourth-order valence-corrected chi connectivity index (χ4v) is 3.61. The highest BCUT2D eigenvalue weighted by Gasteiger charge is 2.50. The third-order valence-electron chi connectivity index (χ3n) is 5.53. The monoisotopic (exact) mass is 476 g/mol. The predicted molar refractivity (Wildman–Crippen MR) is 105 cm³/mol. The number of hydrogen-bond acceptors (Lipinski definition) is 13. The van der Waals surface area contributed by atoms with Crippen molar-refractivity contribution >= 4 is 6.29 Å². The zero-order valence-corrected chi connectivity index (χ0v) is 17.6. The van der Waals surface area contributed by atoms with Gasteiger partial charge in [0.05, 0.1) is 13.7 Å². The Morgan fingerprint density at radius 1 is 0.909 bits per heavy atom. The summed E-state index contributed by atoms with van der Waals surface area (Å²) in [6.07, 6.45) is -15.3. The molecule has 13 heteroatoms. The number of ether oxygens (including phenoxy) is 5. The van der Waals surface area contributed by atoms with Crippen molar-refractivity contribution in [2.75, 3.05) is 20.3 Å². The van der Waals surface area contributed by atoms with Gasteiger partial charge in [0.25, 0.3) is 0 Å². The fourth-order valence-electron chi connectivity index (χ4n) is 3.61. The second-order valence-corrected chi connectivity index (χ2v) is 7.68. The Morgan fingerprint density at radius 2 is 1.64 bits per heavy atom. The standard InChI is InChI=1S/C20H28O13/c1-29-10-4-8(5-21)2-3-9(10)30-7-12-13(23)14(24)17(27)20(32-12)33-18-11(6-22)31-19(28)16(26)15(18)25/h2-5,11-20,22-28H,6-7H2,1H3/t11-,12-,13-,14+,15-,16-,17-,18-,19+,20-/m1/s1. The lowest BCUT2D eigenvalue weighted by atomic mass is 9.97. The van der Waals surface area contributed by atoms with Gasteiger partial charge in [-0.1, -0.05) is 0 Å². The Kier molecular flexibility index (Phi) is 8.58. The fraction of sp³-hybridized carbons (Fsp3) is 0.650. The van der Waals surface area contributed by atoms with E-state index in [9.17, 15) is 40.5 Å². The van der Waals surface area contributed by atoms with Crippen molar-refractivity contribution in [3.8, 4) is 11.5 Å². The van der Waals surface area contributed by atoms with E-state index < -0.39 is 68.0 Å². The molecule has 3 rings (SSSR count). The first-order chi connectivity index (χ1) is 15.7. The summed E-state index contributed by atoms with van der Waals surface area (Å²) in [5.41, 5.74) is 0.346. The van der Waals surface area contributed by atoms with Crippen LogP contribution >= 0.6 is 0 Å². The Labute approximate surface area is 188 Å². The third kappa shape index (κ3) is 5.44. The number of carbonyl (C=O) groups excluding carboxylic acids is 1. The lowest BCUT2D eigenvalue weighted by molar-refractivity contribution is -0.354. The first kappa shape index (κ1) is 25.7. The van der Waals surface area contributed by atoms with Crippen LogP contribution in [0.5, 0.6) is 11.5 Å². The molecule has 0 unspecified atom stereocenters. The molecule has 0 amide bonds. The Hall–Kier alpha value is -1.91. The van der Waals surface area contributed by atoms with Gasteiger partial charge in [0, 0.05) is 5.56 Å². The Bertz CT molecular complexity index is 789. The molecule has 2 heterocycles. The van der Waals surface area contributed by atoms with E-state index in [2.05, 4.69) is 0 Å². The van der Waals surface area contributed by atoms with Crippen LogP contribution in [0.1, 0.15) is 10.4 Å². The molecule has 0 spiro atoms. The van der Waals surface area contributed by atoms with Crippen LogP contribution in [0, 0.1) is 0 Å². The van der Waals surface area contributed by atoms with Gasteiger partial charge in [-0.05, 0) is 18.2 Å². The lowest BCUT2D eigenvalue weighted by Crippen LogP contribution is -2.64. The van der Waals surface area contributed by atoms with E-state index in [0.29, 0.717) is 11.8 Å². The molecule has 0 bridgehead atoms. The van der Waals surface area contributed by atoms with Crippen LogP contribution in [-0.4, -0.2) is 124 Å². The molecule has 10 atom stereocenters. The molecule has 13 nitrogen and oxygen atoms in total. The van der Waals surface area contributed by atoms with Gasteiger partial charge in [0.15, 0.2) is 24.1 Å². The number of aliphatic hydroxyl groups is 7. The second kappa shape index (κ2) is 11.0. The first-order valence-corrected chi connectivity index (χ1v) is 10.1. The summed E-state index contributed by atoms with van der Waals surface area (Å²) in [4.78, 5) is 10.9. The molecule has 7 N–H and O–H groups in total. The largest absolute Gasteiger partial charge is 0.493 e. The van der Waals surface area contributed by atoms with E-state index in [1.807, 2.05) is 0 Å². The molecule has 0 radical (unpaired) electrons. The molecule has 0 aliphatic carbocycles. The number of aliphatic hydroxyl groups excluding tert-OH is 7. The minimum Gasteiger partial charge on any atom is -0.493 e. The maximum Gasteiger partial charge on any atom is 0.187 e. The highest BCUT2D eigenvalue weighted by molar-refractivity contribution is 5.76. The lowest BCUT2D eigenvalue weighted by Gasteiger charge is -2.45. The molecule has 0 aromatic heterocycles. The topological polar surface area (TPSA) is 205 Å². The number of benzene rings is 1. The van der Waals surface area contributed by atoms with Crippen molar-refractivity contribution in [1.82, 2.24) is 0 Å². The molecular weight excluding hydrogens is 448 g/mol. The molecule has 2 aliphatic rings. The van der Waals surface area contributed by atoms with Gasteiger partial charge in [-0.3, -0.25) is 4.79 Å². The van der Waals surface area contributed by atoms with Crippen molar-refractivity contribution in [3.05, 3.63) is 23.8 Å². The Balaban J connectivity index is 1.71. The molecule has 2 saturated heterocycles. The number of methoxy groups -OCH3 is 1. The Morgan fingerprint density at radius 3 is 2.27 bits per heavy atom. The van der Waals surface area contributed by atoms with Gasteiger partial charge in [-0.25, -0.2) is 0 Å². The smallest absolute Gasteiger partial charge is 0.187 e. The highest BCUT2D eigenvalue weighted by Crippen LogP contribution is 2.31. The zero-order chi connectivity index (χ0) is 24.3. The molecule has 2 fully saturated rings. The number of hydrogen-bond donors (Lipinski definition) is 7. The van der Waals surface area contributed by atoms with Gasteiger partial charge < -0.3 is 59.4 Å². The van der Waals surface area contributed by atoms with Crippen molar-refractivity contribution in [1.29, 1.82) is 0 Å². The summed E-state index contributed by atoms with van der Waals surface area (Å²) in [5.74, 6) is 0.449. The minimum atomic E-state index is -1.77. The normalized spacial score (nSPS) is 39.2. The van der Waals surface area contributed by atoms with Crippen LogP contribution in [0.25, 0.3) is 0 Å². The molecule has 186 valence electrons. The van der Waals surface area contributed by atoms with E-state index in [1.54, 1.807) is 0 Å². The summed E-state index contributed by atoms with van der Waals surface area (Å²) >= 11 is 0. The van der Waals surface area contributed by atoms with Crippen molar-refractivity contribution in [2.45, 2.75) is 61.4 Å². The maximum atomic E-state index is 10.9. The van der Waals surface area contributed by atoms with Crippen LogP contribution in [0.3, 0.4) is 0 Å². The van der Waals surface area contributed by atoms with Crippen LogP contribution in [0.4, 0.5) is 0 Å². The maximum absolute atomic E-state index is 10.9. The molecule has 1 aromatic carbocycles. The van der Waals surface area contributed by atoms with Crippen LogP contribution in [0.2, 0.25) is 0 Å². The summed E-state index contributed by atoms with van der Waals surface area (Å²) in [6, 6.07) is 4.38. The predicted octanol–water partition coefficient (Wildman–Crippen LogP) is -3.49. The molecule has 33 heavy (non-hydrogen) atoms. The summed E-state index contributed by atoms with van der Waals surface area (Å²) < 4.78 is 26.8. The van der Waals surface area contributed by atoms with Crippen LogP contribution in [0.15, 0.2) is 18.2 Å². The van der Waals surface area contributed by atoms with Gasteiger partial charge in [0.1, 0.15) is 61.7 Å². The summed E-state index contributed by atoms with van der Waals surface area (Å²) in [5, 5.41) is 70.0. The first-order valence-electron chi connectivity index (χ1n) is 10.1. The molecule has 1 aromatic rings. The van der Waals surface area contributed by atoms with E-state index >= 15 is 0 Å². The summed E-state index contributed by atoms with van der Waals surface area (Å²) in [7, 11) is 1.37. The van der Waals surface area contributed by atoms with Crippen molar-refractivity contribution < 1.29 is 64.2 Å². The summed E-state index contributed by atoms with van der Waals surface area (Å²) in [6.45, 7) is -1.04. The van der Waals surface area contributed by atoms with Gasteiger partial charge in [-0.2, -0.15) is 0 Å². The highest BCUT2D eigenvalue weighted by atomic mass is 16.7. The number of rotatable bonds is 8. The van der Waals surface area contributed by atoms with Crippen LogP contribution < -0.4 is 9.47 Å².